The van der Waals surface area contributed by atoms with Gasteiger partial charge in [0.2, 0.25) is 10.0 Å². The zero-order chi connectivity index (χ0) is 17.8. The maximum Gasteiger partial charge on any atom is 0.240 e. The van der Waals surface area contributed by atoms with Crippen molar-refractivity contribution in [3.63, 3.8) is 0 Å². The summed E-state index contributed by atoms with van der Waals surface area (Å²) in [4.78, 5) is 0.148. The molecule has 0 fully saturated rings. The third kappa shape index (κ3) is 7.04. The summed E-state index contributed by atoms with van der Waals surface area (Å²) in [7, 11) is -1.99. The fourth-order valence-corrected chi connectivity index (χ4v) is 3.00. The highest BCUT2D eigenvalue weighted by molar-refractivity contribution is 7.89. The molecule has 138 valence electrons. The maximum atomic E-state index is 12.3. The first-order chi connectivity index (χ1) is 11.5. The Morgan fingerprint density at radius 1 is 1.00 bits per heavy atom. The lowest BCUT2D eigenvalue weighted by Crippen LogP contribution is -2.25. The molecule has 0 radical (unpaired) electrons. The van der Waals surface area contributed by atoms with Gasteiger partial charge in [-0.25, -0.2) is 13.1 Å². The summed E-state index contributed by atoms with van der Waals surface area (Å²) >= 11 is 0. The number of rotatable bonds is 13. The van der Waals surface area contributed by atoms with Gasteiger partial charge in [0, 0.05) is 26.3 Å². The summed E-state index contributed by atoms with van der Waals surface area (Å²) in [6.45, 7) is 6.39. The minimum atomic E-state index is -3.60. The van der Waals surface area contributed by atoms with Crippen molar-refractivity contribution in [2.45, 2.75) is 25.2 Å². The fourth-order valence-electron chi connectivity index (χ4n) is 1.91. The first kappa shape index (κ1) is 20.7. The normalized spacial score (nSPS) is 11.5. The lowest BCUT2D eigenvalue weighted by atomic mass is 10.3. The lowest BCUT2D eigenvalue weighted by molar-refractivity contribution is 0.0699. The van der Waals surface area contributed by atoms with Gasteiger partial charge in [0.15, 0.2) is 11.5 Å². The van der Waals surface area contributed by atoms with Crippen LogP contribution in [0.1, 0.15) is 20.3 Å². The van der Waals surface area contributed by atoms with Crippen LogP contribution in [0.5, 0.6) is 11.5 Å². The highest BCUT2D eigenvalue weighted by Gasteiger charge is 2.16. The SMILES string of the molecule is CCOc1ccc(S(=O)(=O)NCCCOCCOC)cc1OCC. The van der Waals surface area contributed by atoms with Crippen molar-refractivity contribution in [3.8, 4) is 11.5 Å². The van der Waals surface area contributed by atoms with Crippen LogP contribution in [0, 0.1) is 0 Å². The number of benzene rings is 1. The first-order valence-electron chi connectivity index (χ1n) is 8.01. The van der Waals surface area contributed by atoms with Crippen LogP contribution in [0.15, 0.2) is 23.1 Å². The maximum absolute atomic E-state index is 12.3. The van der Waals surface area contributed by atoms with Crippen molar-refractivity contribution < 1.29 is 27.4 Å². The molecule has 0 saturated heterocycles. The van der Waals surface area contributed by atoms with Crippen molar-refractivity contribution in [1.29, 1.82) is 0 Å². The Morgan fingerprint density at radius 3 is 2.38 bits per heavy atom. The molecule has 7 nitrogen and oxygen atoms in total. The molecule has 0 unspecified atom stereocenters. The molecule has 0 bridgehead atoms. The summed E-state index contributed by atoms with van der Waals surface area (Å²) in [5, 5.41) is 0. The lowest BCUT2D eigenvalue weighted by Gasteiger charge is -2.13. The Balaban J connectivity index is 2.61. The summed E-state index contributed by atoms with van der Waals surface area (Å²) in [5.74, 6) is 0.954. The number of hydrogen-bond acceptors (Lipinski definition) is 6. The molecule has 0 amide bonds. The molecule has 1 N–H and O–H groups in total. The second kappa shape index (κ2) is 11.2. The van der Waals surface area contributed by atoms with Crippen LogP contribution in [0.3, 0.4) is 0 Å². The van der Waals surface area contributed by atoms with E-state index in [-0.39, 0.29) is 4.90 Å². The van der Waals surface area contributed by atoms with Gasteiger partial charge in [-0.1, -0.05) is 0 Å². The van der Waals surface area contributed by atoms with Crippen LogP contribution in [0.4, 0.5) is 0 Å². The van der Waals surface area contributed by atoms with Gasteiger partial charge in [-0.3, -0.25) is 0 Å². The van der Waals surface area contributed by atoms with E-state index in [9.17, 15) is 8.42 Å². The van der Waals surface area contributed by atoms with Gasteiger partial charge in [0.1, 0.15) is 0 Å². The quantitative estimate of drug-likeness (QED) is 0.540. The third-order valence-corrected chi connectivity index (χ3v) is 4.47. The summed E-state index contributed by atoms with van der Waals surface area (Å²) in [5.41, 5.74) is 0. The standard InChI is InChI=1S/C16H27NO6S/c1-4-22-15-8-7-14(13-16(15)23-5-2)24(18,19)17-9-6-10-21-12-11-20-3/h7-8,13,17H,4-6,9-12H2,1-3H3. The van der Waals surface area contributed by atoms with Crippen LogP contribution in [-0.2, 0) is 19.5 Å². The van der Waals surface area contributed by atoms with Crippen LogP contribution < -0.4 is 14.2 Å². The molecule has 24 heavy (non-hydrogen) atoms. The largest absolute Gasteiger partial charge is 0.490 e. The van der Waals surface area contributed by atoms with Gasteiger partial charge >= 0.3 is 0 Å². The van der Waals surface area contributed by atoms with Gasteiger partial charge in [-0.15, -0.1) is 0 Å². The Bertz CT molecular complexity index is 576. The van der Waals surface area contributed by atoms with E-state index in [4.69, 9.17) is 18.9 Å². The Labute approximate surface area is 144 Å². The molecule has 0 atom stereocenters. The van der Waals surface area contributed by atoms with Crippen molar-refractivity contribution >= 4 is 10.0 Å². The number of hydrogen-bond donors (Lipinski definition) is 1. The molecule has 0 aliphatic carbocycles. The van der Waals surface area contributed by atoms with Gasteiger partial charge in [0.05, 0.1) is 31.3 Å². The monoisotopic (exact) mass is 361 g/mol. The minimum Gasteiger partial charge on any atom is -0.490 e. The predicted molar refractivity (Wildman–Crippen MR) is 91.3 cm³/mol. The Hall–Kier alpha value is -1.35. The van der Waals surface area contributed by atoms with Crippen molar-refractivity contribution in [3.05, 3.63) is 18.2 Å². The first-order valence-corrected chi connectivity index (χ1v) is 9.49. The molecule has 1 aromatic carbocycles. The van der Waals surface area contributed by atoms with Gasteiger partial charge < -0.3 is 18.9 Å². The van der Waals surface area contributed by atoms with E-state index in [1.807, 2.05) is 13.8 Å². The van der Waals surface area contributed by atoms with E-state index < -0.39 is 10.0 Å². The average molecular weight is 361 g/mol. The Kier molecular flexibility index (Phi) is 9.70. The summed E-state index contributed by atoms with van der Waals surface area (Å²) < 4.78 is 48.2. The fraction of sp³-hybridized carbons (Fsp3) is 0.625. The molecule has 0 aliphatic rings. The van der Waals surface area contributed by atoms with E-state index in [1.165, 1.54) is 12.1 Å². The van der Waals surface area contributed by atoms with Gasteiger partial charge in [0.25, 0.3) is 0 Å². The number of sulfonamides is 1. The molecule has 0 aromatic heterocycles. The number of methoxy groups -OCH3 is 1. The van der Waals surface area contributed by atoms with Crippen LogP contribution in [0.2, 0.25) is 0 Å². The summed E-state index contributed by atoms with van der Waals surface area (Å²) in [6, 6.07) is 4.59. The second-order valence-corrected chi connectivity index (χ2v) is 6.60. The number of nitrogens with one attached hydrogen (secondary N) is 1. The van der Waals surface area contributed by atoms with Crippen LogP contribution in [-0.4, -0.2) is 55.1 Å². The molecule has 0 heterocycles. The smallest absolute Gasteiger partial charge is 0.240 e. The molecule has 8 heteroatoms. The molecule has 0 saturated carbocycles. The van der Waals surface area contributed by atoms with E-state index in [0.717, 1.165) is 0 Å². The van der Waals surface area contributed by atoms with E-state index in [1.54, 1.807) is 13.2 Å². The predicted octanol–water partition coefficient (Wildman–Crippen LogP) is 1.82. The second-order valence-electron chi connectivity index (χ2n) is 4.83. The molecule has 0 aliphatic heterocycles. The molecular formula is C16H27NO6S. The molecule has 1 aromatic rings. The van der Waals surface area contributed by atoms with E-state index in [2.05, 4.69) is 4.72 Å². The average Bonchev–Trinajstić information content (AvgIpc) is 2.56. The third-order valence-electron chi connectivity index (χ3n) is 3.01. The number of ether oxygens (including phenoxy) is 4. The van der Waals surface area contributed by atoms with E-state index in [0.29, 0.717) is 57.5 Å². The molecule has 0 spiro atoms. The van der Waals surface area contributed by atoms with Crippen molar-refractivity contribution in [2.75, 3.05) is 46.7 Å². The van der Waals surface area contributed by atoms with E-state index >= 15 is 0 Å². The zero-order valence-corrected chi connectivity index (χ0v) is 15.4. The van der Waals surface area contributed by atoms with Crippen molar-refractivity contribution in [1.82, 2.24) is 4.72 Å². The topological polar surface area (TPSA) is 83.1 Å². The van der Waals surface area contributed by atoms with Crippen LogP contribution >= 0.6 is 0 Å². The summed E-state index contributed by atoms with van der Waals surface area (Å²) in [6.07, 6.45) is 0.582. The van der Waals surface area contributed by atoms with Crippen molar-refractivity contribution in [2.24, 2.45) is 0 Å². The zero-order valence-electron chi connectivity index (χ0n) is 14.5. The molecular weight excluding hydrogens is 334 g/mol. The molecule has 1 rings (SSSR count). The highest BCUT2D eigenvalue weighted by Crippen LogP contribution is 2.30. The minimum absolute atomic E-state index is 0.148. The Morgan fingerprint density at radius 2 is 1.71 bits per heavy atom. The van der Waals surface area contributed by atoms with Gasteiger partial charge in [-0.05, 0) is 32.4 Å². The van der Waals surface area contributed by atoms with Gasteiger partial charge in [-0.2, -0.15) is 0 Å². The highest BCUT2D eigenvalue weighted by atomic mass is 32.2. The van der Waals surface area contributed by atoms with Crippen LogP contribution in [0.25, 0.3) is 0 Å².